The lowest BCUT2D eigenvalue weighted by Gasteiger charge is -2.21. The van der Waals surface area contributed by atoms with Crippen LogP contribution in [0.15, 0.2) is 0 Å². The summed E-state index contributed by atoms with van der Waals surface area (Å²) in [7, 11) is -9.90. The second-order valence-corrected chi connectivity index (χ2v) is 30.2. The number of aliphatic hydroxyl groups excluding tert-OH is 1. The summed E-state index contributed by atoms with van der Waals surface area (Å²) in [6, 6.07) is 0. The van der Waals surface area contributed by atoms with E-state index in [1.54, 1.807) is 0 Å². The number of carbonyl (C=O) groups is 4. The number of aliphatic hydroxyl groups is 1. The number of hydrogen-bond acceptors (Lipinski definition) is 15. The largest absolute Gasteiger partial charge is 0.472 e. The molecule has 0 aliphatic heterocycles. The van der Waals surface area contributed by atoms with E-state index in [0.717, 1.165) is 115 Å². The number of phosphoric ester groups is 2. The van der Waals surface area contributed by atoms with Gasteiger partial charge in [-0.15, -0.1) is 0 Å². The molecule has 0 aromatic heterocycles. The van der Waals surface area contributed by atoms with Crippen LogP contribution in [0.5, 0.6) is 0 Å². The van der Waals surface area contributed by atoms with Crippen LogP contribution in [0.4, 0.5) is 0 Å². The Labute approximate surface area is 562 Å². The van der Waals surface area contributed by atoms with Crippen molar-refractivity contribution in [2.24, 2.45) is 11.8 Å². The zero-order valence-electron chi connectivity index (χ0n) is 59.9. The van der Waals surface area contributed by atoms with E-state index in [1.807, 2.05) is 0 Å². The van der Waals surface area contributed by atoms with Crippen LogP contribution in [0.3, 0.4) is 0 Å². The Morgan fingerprint density at radius 1 is 0.293 bits per heavy atom. The van der Waals surface area contributed by atoms with Crippen LogP contribution >= 0.6 is 15.6 Å². The molecule has 0 aromatic rings. The first-order valence-electron chi connectivity index (χ1n) is 38.0. The van der Waals surface area contributed by atoms with Crippen molar-refractivity contribution in [2.75, 3.05) is 39.6 Å². The molecule has 0 saturated carbocycles. The van der Waals surface area contributed by atoms with E-state index in [9.17, 15) is 43.2 Å². The summed E-state index contributed by atoms with van der Waals surface area (Å²) in [4.78, 5) is 72.5. The van der Waals surface area contributed by atoms with Crippen molar-refractivity contribution >= 4 is 39.5 Å². The number of esters is 4. The fourth-order valence-corrected chi connectivity index (χ4v) is 12.7. The maximum Gasteiger partial charge on any atom is 0.472 e. The van der Waals surface area contributed by atoms with Gasteiger partial charge >= 0.3 is 39.5 Å². The van der Waals surface area contributed by atoms with Crippen molar-refractivity contribution < 1.29 is 80.2 Å². The van der Waals surface area contributed by atoms with E-state index in [1.165, 1.54) is 180 Å². The lowest BCUT2D eigenvalue weighted by atomic mass is 10.0. The molecule has 92 heavy (non-hydrogen) atoms. The number of unbranched alkanes of at least 4 members (excludes halogenated alkanes) is 42. The molecule has 0 aliphatic carbocycles. The molecule has 5 atom stereocenters. The summed E-state index contributed by atoms with van der Waals surface area (Å²) in [6.07, 6.45) is 51.5. The molecule has 2 unspecified atom stereocenters. The van der Waals surface area contributed by atoms with Crippen molar-refractivity contribution in [3.8, 4) is 0 Å². The van der Waals surface area contributed by atoms with Gasteiger partial charge in [0.15, 0.2) is 12.2 Å². The second kappa shape index (κ2) is 65.0. The van der Waals surface area contributed by atoms with E-state index >= 15 is 0 Å². The molecule has 0 spiro atoms. The lowest BCUT2D eigenvalue weighted by Crippen LogP contribution is -2.30. The van der Waals surface area contributed by atoms with E-state index in [-0.39, 0.29) is 25.7 Å². The molecule has 0 rings (SSSR count). The van der Waals surface area contributed by atoms with E-state index in [2.05, 4.69) is 41.5 Å². The molecular weight excluding hydrogens is 1210 g/mol. The minimum atomic E-state index is -4.95. The average Bonchev–Trinajstić information content (AvgIpc) is 1.87. The third-order valence-corrected chi connectivity index (χ3v) is 18.9. The minimum absolute atomic E-state index is 0.105. The summed E-state index contributed by atoms with van der Waals surface area (Å²) < 4.78 is 68.3. The molecule has 0 aliphatic rings. The van der Waals surface area contributed by atoms with E-state index < -0.39 is 97.5 Å². The van der Waals surface area contributed by atoms with Crippen LogP contribution in [0, 0.1) is 11.8 Å². The van der Waals surface area contributed by atoms with Gasteiger partial charge in [-0.1, -0.05) is 324 Å². The van der Waals surface area contributed by atoms with Gasteiger partial charge in [0.2, 0.25) is 0 Å². The number of rotatable bonds is 72. The van der Waals surface area contributed by atoms with Crippen LogP contribution < -0.4 is 0 Å². The fourth-order valence-electron chi connectivity index (χ4n) is 11.1. The van der Waals surface area contributed by atoms with Crippen molar-refractivity contribution in [3.05, 3.63) is 0 Å². The van der Waals surface area contributed by atoms with Gasteiger partial charge in [0.1, 0.15) is 19.3 Å². The summed E-state index contributed by atoms with van der Waals surface area (Å²) in [5.41, 5.74) is 0. The van der Waals surface area contributed by atoms with Crippen molar-refractivity contribution in [1.82, 2.24) is 0 Å². The Hall–Kier alpha value is -1.94. The van der Waals surface area contributed by atoms with Gasteiger partial charge in [0.05, 0.1) is 26.4 Å². The zero-order chi connectivity index (χ0) is 67.9. The normalized spacial score (nSPS) is 14.1. The van der Waals surface area contributed by atoms with Gasteiger partial charge in [-0.25, -0.2) is 9.13 Å². The highest BCUT2D eigenvalue weighted by Gasteiger charge is 2.30. The van der Waals surface area contributed by atoms with Crippen LogP contribution in [0.25, 0.3) is 0 Å². The van der Waals surface area contributed by atoms with Crippen molar-refractivity contribution in [2.45, 2.75) is 394 Å². The van der Waals surface area contributed by atoms with Crippen LogP contribution in [-0.4, -0.2) is 96.7 Å². The highest BCUT2D eigenvalue weighted by molar-refractivity contribution is 7.47. The summed E-state index contributed by atoms with van der Waals surface area (Å²) in [5, 5.41) is 10.6. The monoisotopic (exact) mass is 1350 g/mol. The topological polar surface area (TPSA) is 237 Å². The van der Waals surface area contributed by atoms with E-state index in [0.29, 0.717) is 25.7 Å². The quantitative estimate of drug-likeness (QED) is 0.0222. The molecule has 0 bridgehead atoms. The maximum atomic E-state index is 13.1. The Morgan fingerprint density at radius 3 is 0.739 bits per heavy atom. The first kappa shape index (κ1) is 90.1. The highest BCUT2D eigenvalue weighted by atomic mass is 31.2. The first-order chi connectivity index (χ1) is 44.4. The molecule has 0 aromatic carbocycles. The standard InChI is InChI=1S/C73H142O17P2/c1-7-9-11-13-15-16-17-18-20-24-27-32-38-44-50-56-71(76)84-62-69(90-72(77)57-51-45-39-33-28-25-22-19-21-23-26-30-36-41-47-53-65(3)4)64-88-92(81,82)86-60-67(74)59-85-91(79,80)87-63-68(61-83-70(75)55-49-43-35-14-12-10-8-2)89-73(78)58-52-46-40-34-29-31-37-42-48-54-66(5)6/h65-69,74H,7-64H2,1-6H3,(H,79,80)(H,81,82)/t67-,68+,69+/m0/s1. The van der Waals surface area contributed by atoms with Gasteiger partial charge in [0, 0.05) is 25.7 Å². The van der Waals surface area contributed by atoms with E-state index in [4.69, 9.17) is 37.0 Å². The molecule has 0 radical (unpaired) electrons. The van der Waals surface area contributed by atoms with Gasteiger partial charge in [-0.2, -0.15) is 0 Å². The Balaban J connectivity index is 5.20. The third-order valence-electron chi connectivity index (χ3n) is 17.0. The number of ether oxygens (including phenoxy) is 4. The Bertz CT molecular complexity index is 1790. The average molecular weight is 1350 g/mol. The Kier molecular flexibility index (Phi) is 63.7. The summed E-state index contributed by atoms with van der Waals surface area (Å²) >= 11 is 0. The Morgan fingerprint density at radius 2 is 0.500 bits per heavy atom. The molecule has 3 N–H and O–H groups in total. The van der Waals surface area contributed by atoms with Gasteiger partial charge in [-0.05, 0) is 37.5 Å². The first-order valence-corrected chi connectivity index (χ1v) is 41.0. The molecule has 0 saturated heterocycles. The van der Waals surface area contributed by atoms with Gasteiger partial charge < -0.3 is 33.8 Å². The fraction of sp³-hybridized carbons (Fsp3) is 0.945. The highest BCUT2D eigenvalue weighted by Crippen LogP contribution is 2.45. The number of phosphoric acid groups is 2. The summed E-state index contributed by atoms with van der Waals surface area (Å²) in [5.74, 6) is -0.584. The lowest BCUT2D eigenvalue weighted by molar-refractivity contribution is -0.161. The smallest absolute Gasteiger partial charge is 0.462 e. The number of hydrogen-bond donors (Lipinski definition) is 3. The molecule has 19 heteroatoms. The van der Waals surface area contributed by atoms with Crippen molar-refractivity contribution in [3.63, 3.8) is 0 Å². The second-order valence-electron chi connectivity index (χ2n) is 27.3. The van der Waals surface area contributed by atoms with Crippen LogP contribution in [0.2, 0.25) is 0 Å². The predicted molar refractivity (Wildman–Crippen MR) is 372 cm³/mol. The molecule has 0 heterocycles. The minimum Gasteiger partial charge on any atom is -0.462 e. The molecule has 546 valence electrons. The summed E-state index contributed by atoms with van der Waals surface area (Å²) in [6.45, 7) is 9.54. The molecule has 0 fully saturated rings. The SMILES string of the molecule is CCCCCCCCCCCCCCCCCC(=O)OC[C@H](COP(=O)(O)OC[C@@H](O)COP(=O)(O)OC[C@@H](COC(=O)CCCCCCCCC)OC(=O)CCCCCCCCCCCC(C)C)OC(=O)CCCCCCCCCCCCCCCCCC(C)C. The van der Waals surface area contributed by atoms with Crippen molar-refractivity contribution in [1.29, 1.82) is 0 Å². The predicted octanol–water partition coefficient (Wildman–Crippen LogP) is 21.2. The maximum absolute atomic E-state index is 13.1. The third kappa shape index (κ3) is 66.7. The van der Waals surface area contributed by atoms with Crippen LogP contribution in [0.1, 0.15) is 375 Å². The van der Waals surface area contributed by atoms with Crippen LogP contribution in [-0.2, 0) is 65.4 Å². The van der Waals surface area contributed by atoms with Gasteiger partial charge in [0.25, 0.3) is 0 Å². The number of carbonyl (C=O) groups excluding carboxylic acids is 4. The molecule has 0 amide bonds. The zero-order valence-corrected chi connectivity index (χ0v) is 61.6. The molecule has 17 nitrogen and oxygen atoms in total. The van der Waals surface area contributed by atoms with Gasteiger partial charge in [-0.3, -0.25) is 37.3 Å². The molecular formula is C73H142O17P2.